The second kappa shape index (κ2) is 7.36. The molecule has 0 radical (unpaired) electrons. The van der Waals surface area contributed by atoms with Crippen molar-refractivity contribution in [3.63, 3.8) is 0 Å². The van der Waals surface area contributed by atoms with E-state index < -0.39 is 0 Å². The average Bonchev–Trinajstić information content (AvgIpc) is 2.68. The van der Waals surface area contributed by atoms with E-state index in [1.807, 2.05) is 30.3 Å². The summed E-state index contributed by atoms with van der Waals surface area (Å²) in [5.74, 6) is 3.21. The van der Waals surface area contributed by atoms with E-state index in [1.165, 1.54) is 18.4 Å². The van der Waals surface area contributed by atoms with Crippen LogP contribution in [0.3, 0.4) is 0 Å². The number of ether oxygens (including phenoxy) is 3. The summed E-state index contributed by atoms with van der Waals surface area (Å²) in [6.07, 6.45) is 2.54. The smallest absolute Gasteiger partial charge is 0.161 e. The molecule has 2 atom stereocenters. The zero-order chi connectivity index (χ0) is 17.1. The summed E-state index contributed by atoms with van der Waals surface area (Å²) in [4.78, 5) is 2.51. The van der Waals surface area contributed by atoms with Crippen LogP contribution in [-0.2, 0) is 0 Å². The normalized spacial score (nSPS) is 23.2. The van der Waals surface area contributed by atoms with E-state index in [2.05, 4.69) is 23.1 Å². The van der Waals surface area contributed by atoms with Crippen molar-refractivity contribution in [3.8, 4) is 17.2 Å². The third-order valence-electron chi connectivity index (χ3n) is 5.10. The van der Waals surface area contributed by atoms with Crippen molar-refractivity contribution in [2.24, 2.45) is 0 Å². The van der Waals surface area contributed by atoms with Crippen molar-refractivity contribution in [3.05, 3.63) is 54.1 Å². The third kappa shape index (κ3) is 3.74. The fourth-order valence-electron chi connectivity index (χ4n) is 3.83. The molecule has 2 heterocycles. The second-order valence-corrected chi connectivity index (χ2v) is 6.87. The molecule has 25 heavy (non-hydrogen) atoms. The monoisotopic (exact) mass is 339 g/mol. The Morgan fingerprint density at radius 1 is 1.12 bits per heavy atom. The van der Waals surface area contributed by atoms with Gasteiger partial charge in [-0.25, -0.2) is 0 Å². The van der Waals surface area contributed by atoms with Gasteiger partial charge in [-0.2, -0.15) is 0 Å². The van der Waals surface area contributed by atoms with E-state index in [4.69, 9.17) is 14.2 Å². The van der Waals surface area contributed by atoms with Gasteiger partial charge < -0.3 is 14.2 Å². The third-order valence-corrected chi connectivity index (χ3v) is 5.10. The number of hydrogen-bond donors (Lipinski definition) is 0. The van der Waals surface area contributed by atoms with Crippen LogP contribution in [0, 0.1) is 0 Å². The van der Waals surface area contributed by atoms with E-state index in [0.29, 0.717) is 12.5 Å². The highest BCUT2D eigenvalue weighted by Gasteiger charge is 2.27. The number of hydrogen-bond acceptors (Lipinski definition) is 4. The minimum atomic E-state index is 0.0963. The number of rotatable bonds is 4. The van der Waals surface area contributed by atoms with Gasteiger partial charge in [0, 0.05) is 13.1 Å². The highest BCUT2D eigenvalue weighted by atomic mass is 16.6. The van der Waals surface area contributed by atoms with Crippen molar-refractivity contribution >= 4 is 0 Å². The molecule has 1 fully saturated rings. The van der Waals surface area contributed by atoms with E-state index in [9.17, 15) is 0 Å². The van der Waals surface area contributed by atoms with Crippen molar-refractivity contribution < 1.29 is 14.2 Å². The Balaban J connectivity index is 1.39. The maximum absolute atomic E-state index is 6.13. The lowest BCUT2D eigenvalue weighted by Crippen LogP contribution is -2.44. The Morgan fingerprint density at radius 3 is 2.88 bits per heavy atom. The number of likely N-dealkylation sites (tertiary alicyclic amines) is 1. The summed E-state index contributed by atoms with van der Waals surface area (Å²) >= 11 is 0. The first-order chi connectivity index (χ1) is 12.3. The Morgan fingerprint density at radius 2 is 2.00 bits per heavy atom. The maximum atomic E-state index is 6.13. The summed E-state index contributed by atoms with van der Waals surface area (Å²) < 4.78 is 17.4. The molecule has 4 rings (SSSR count). The molecule has 1 unspecified atom stereocenters. The zero-order valence-corrected chi connectivity index (χ0v) is 14.7. The molecule has 0 aliphatic carbocycles. The van der Waals surface area contributed by atoms with Gasteiger partial charge in [0.05, 0.1) is 7.11 Å². The summed E-state index contributed by atoms with van der Waals surface area (Å²) in [6, 6.07) is 16.4. The van der Waals surface area contributed by atoms with Crippen LogP contribution in [0.4, 0.5) is 0 Å². The lowest BCUT2D eigenvalue weighted by Gasteiger charge is -2.36. The molecule has 4 nitrogen and oxygen atoms in total. The molecule has 132 valence electrons. The summed E-state index contributed by atoms with van der Waals surface area (Å²) in [6.45, 7) is 3.72. The van der Waals surface area contributed by atoms with Gasteiger partial charge in [0.25, 0.3) is 0 Å². The molecule has 0 spiro atoms. The van der Waals surface area contributed by atoms with Gasteiger partial charge in [0.15, 0.2) is 11.5 Å². The van der Waals surface area contributed by atoms with Gasteiger partial charge in [0.2, 0.25) is 0 Å². The van der Waals surface area contributed by atoms with Crippen LogP contribution in [-0.4, -0.2) is 44.4 Å². The summed E-state index contributed by atoms with van der Waals surface area (Å²) in [7, 11) is 1.73. The quantitative estimate of drug-likeness (QED) is 0.850. The van der Waals surface area contributed by atoms with Crippen LogP contribution in [0.5, 0.6) is 17.2 Å². The predicted molar refractivity (Wildman–Crippen MR) is 97.8 cm³/mol. The van der Waals surface area contributed by atoms with Crippen molar-refractivity contribution in [2.75, 3.05) is 33.4 Å². The number of benzene rings is 2. The number of fused-ring (bicyclic) bond motifs is 1. The maximum Gasteiger partial charge on any atom is 0.161 e. The molecular weight excluding hydrogens is 314 g/mol. The van der Waals surface area contributed by atoms with Crippen molar-refractivity contribution in [1.29, 1.82) is 0 Å². The molecular formula is C21H25NO3. The SMILES string of the molecule is COc1cccc(C2CCCN(C[C@H]3COc4ccccc4O3)C2)c1. The fourth-order valence-corrected chi connectivity index (χ4v) is 3.83. The molecule has 2 aliphatic rings. The van der Waals surface area contributed by atoms with E-state index in [1.54, 1.807) is 7.11 Å². The molecule has 0 bridgehead atoms. The Labute approximate surface area is 149 Å². The lowest BCUT2D eigenvalue weighted by molar-refractivity contribution is 0.0504. The molecule has 0 amide bonds. The van der Waals surface area contributed by atoms with Gasteiger partial charge in [-0.15, -0.1) is 0 Å². The van der Waals surface area contributed by atoms with Crippen LogP contribution >= 0.6 is 0 Å². The first-order valence-corrected chi connectivity index (χ1v) is 9.06. The Hall–Kier alpha value is -2.20. The number of methoxy groups -OCH3 is 1. The Bertz CT molecular complexity index is 718. The molecule has 0 aromatic heterocycles. The average molecular weight is 339 g/mol. The number of para-hydroxylation sites is 2. The van der Waals surface area contributed by atoms with Crippen LogP contribution < -0.4 is 14.2 Å². The molecule has 1 saturated heterocycles. The standard InChI is InChI=1S/C21H25NO3/c1-23-18-8-4-6-16(12-18)17-7-5-11-22(13-17)14-19-15-24-20-9-2-3-10-21(20)25-19/h2-4,6,8-10,12,17,19H,5,7,11,13-15H2,1H3/t17?,19-/m0/s1. The summed E-state index contributed by atoms with van der Waals surface area (Å²) in [5.41, 5.74) is 1.37. The van der Waals surface area contributed by atoms with Gasteiger partial charge in [0.1, 0.15) is 18.5 Å². The fraction of sp³-hybridized carbons (Fsp3) is 0.429. The van der Waals surface area contributed by atoms with Crippen LogP contribution in [0.15, 0.2) is 48.5 Å². The molecule has 0 saturated carbocycles. The second-order valence-electron chi connectivity index (χ2n) is 6.87. The van der Waals surface area contributed by atoms with Gasteiger partial charge >= 0.3 is 0 Å². The predicted octanol–water partition coefficient (Wildman–Crippen LogP) is 3.71. The lowest BCUT2D eigenvalue weighted by atomic mass is 9.90. The number of nitrogens with zero attached hydrogens (tertiary/aromatic N) is 1. The Kier molecular flexibility index (Phi) is 4.79. The van der Waals surface area contributed by atoms with E-state index in [0.717, 1.165) is 36.9 Å². The molecule has 2 aromatic rings. The van der Waals surface area contributed by atoms with Gasteiger partial charge in [-0.05, 0) is 55.1 Å². The minimum Gasteiger partial charge on any atom is -0.497 e. The highest BCUT2D eigenvalue weighted by Crippen LogP contribution is 2.32. The van der Waals surface area contributed by atoms with Gasteiger partial charge in [-0.1, -0.05) is 24.3 Å². The molecule has 0 N–H and O–H groups in total. The van der Waals surface area contributed by atoms with E-state index >= 15 is 0 Å². The first-order valence-electron chi connectivity index (χ1n) is 9.06. The number of piperidine rings is 1. The largest absolute Gasteiger partial charge is 0.497 e. The van der Waals surface area contributed by atoms with Gasteiger partial charge in [-0.3, -0.25) is 4.90 Å². The molecule has 2 aliphatic heterocycles. The molecule has 4 heteroatoms. The first kappa shape index (κ1) is 16.3. The topological polar surface area (TPSA) is 30.9 Å². The molecule has 2 aromatic carbocycles. The van der Waals surface area contributed by atoms with E-state index in [-0.39, 0.29) is 6.10 Å². The van der Waals surface area contributed by atoms with Crippen LogP contribution in [0.25, 0.3) is 0 Å². The van der Waals surface area contributed by atoms with Crippen LogP contribution in [0.2, 0.25) is 0 Å². The van der Waals surface area contributed by atoms with Crippen molar-refractivity contribution in [1.82, 2.24) is 4.90 Å². The summed E-state index contributed by atoms with van der Waals surface area (Å²) in [5, 5.41) is 0. The minimum absolute atomic E-state index is 0.0963. The zero-order valence-electron chi connectivity index (χ0n) is 14.7. The van der Waals surface area contributed by atoms with Crippen molar-refractivity contribution in [2.45, 2.75) is 24.9 Å². The van der Waals surface area contributed by atoms with Crippen LogP contribution in [0.1, 0.15) is 24.3 Å². The highest BCUT2D eigenvalue weighted by molar-refractivity contribution is 5.40.